The van der Waals surface area contributed by atoms with E-state index in [2.05, 4.69) is 15.0 Å². The molecule has 0 bridgehead atoms. The van der Waals surface area contributed by atoms with E-state index in [-0.39, 0.29) is 11.6 Å². The number of carboxylic acid groups (broad SMARTS) is 1. The molecule has 1 aliphatic heterocycles. The summed E-state index contributed by atoms with van der Waals surface area (Å²) in [6, 6.07) is 6.75. The predicted octanol–water partition coefficient (Wildman–Crippen LogP) is 0.882. The molecule has 2 aromatic heterocycles. The fourth-order valence-electron chi connectivity index (χ4n) is 2.89. The largest absolute Gasteiger partial charge is 0.476 e. The molecule has 8 nitrogen and oxygen atoms in total. The molecule has 0 spiro atoms. The van der Waals surface area contributed by atoms with Gasteiger partial charge in [-0.05, 0) is 25.1 Å². The van der Waals surface area contributed by atoms with Gasteiger partial charge in [0.15, 0.2) is 5.69 Å². The maximum absolute atomic E-state index is 12.6. The van der Waals surface area contributed by atoms with Crippen molar-refractivity contribution < 1.29 is 14.7 Å². The summed E-state index contributed by atoms with van der Waals surface area (Å²) in [5, 5.41) is 12.9. The zero-order valence-corrected chi connectivity index (χ0v) is 14.1. The monoisotopic (exact) mass is 343 g/mol. The van der Waals surface area contributed by atoms with E-state index >= 15 is 0 Å². The van der Waals surface area contributed by atoms with Gasteiger partial charge in [0.2, 0.25) is 5.91 Å². The number of aromatic carboxylic acids is 1. The van der Waals surface area contributed by atoms with Gasteiger partial charge < -0.3 is 10.0 Å². The second kappa shape index (κ2) is 7.43. The summed E-state index contributed by atoms with van der Waals surface area (Å²) < 4.78 is 1.41. The Bertz CT molecular complexity index is 738. The van der Waals surface area contributed by atoms with E-state index in [0.717, 1.165) is 25.3 Å². The van der Waals surface area contributed by atoms with Crippen molar-refractivity contribution >= 4 is 11.9 Å². The minimum Gasteiger partial charge on any atom is -0.476 e. The molecule has 1 amide bonds. The fourth-order valence-corrected chi connectivity index (χ4v) is 2.89. The number of piperazine rings is 1. The van der Waals surface area contributed by atoms with E-state index in [1.165, 1.54) is 16.9 Å². The highest BCUT2D eigenvalue weighted by Gasteiger charge is 2.26. The first-order valence-corrected chi connectivity index (χ1v) is 8.24. The molecule has 0 aromatic carbocycles. The molecule has 0 saturated carbocycles. The van der Waals surface area contributed by atoms with Crippen LogP contribution in [0, 0.1) is 0 Å². The topological polar surface area (TPSA) is 91.6 Å². The van der Waals surface area contributed by atoms with Crippen molar-refractivity contribution in [1.29, 1.82) is 0 Å². The first-order valence-electron chi connectivity index (χ1n) is 8.24. The summed E-state index contributed by atoms with van der Waals surface area (Å²) in [6.45, 7) is 5.37. The van der Waals surface area contributed by atoms with Crippen molar-refractivity contribution in [3.8, 4) is 0 Å². The van der Waals surface area contributed by atoms with Gasteiger partial charge in [0.25, 0.3) is 0 Å². The lowest BCUT2D eigenvalue weighted by Gasteiger charge is -2.35. The minimum atomic E-state index is -1.10. The van der Waals surface area contributed by atoms with Gasteiger partial charge in [-0.25, -0.2) is 4.79 Å². The fraction of sp³-hybridized carbons (Fsp3) is 0.412. The van der Waals surface area contributed by atoms with Gasteiger partial charge >= 0.3 is 5.97 Å². The van der Waals surface area contributed by atoms with Crippen molar-refractivity contribution in [1.82, 2.24) is 24.6 Å². The molecule has 132 valence electrons. The van der Waals surface area contributed by atoms with Gasteiger partial charge in [-0.2, -0.15) is 5.10 Å². The molecule has 1 unspecified atom stereocenters. The van der Waals surface area contributed by atoms with E-state index < -0.39 is 12.0 Å². The van der Waals surface area contributed by atoms with Crippen LogP contribution in [0.2, 0.25) is 0 Å². The van der Waals surface area contributed by atoms with Crippen molar-refractivity contribution in [2.24, 2.45) is 0 Å². The molecule has 3 rings (SSSR count). The van der Waals surface area contributed by atoms with Crippen molar-refractivity contribution in [2.75, 3.05) is 26.2 Å². The molecule has 1 aliphatic rings. The van der Waals surface area contributed by atoms with Crippen LogP contribution in [0.15, 0.2) is 36.7 Å². The number of rotatable bonds is 5. The smallest absolute Gasteiger partial charge is 0.356 e. The Morgan fingerprint density at radius 2 is 1.96 bits per heavy atom. The number of aromatic nitrogens is 3. The van der Waals surface area contributed by atoms with Gasteiger partial charge in [-0.15, -0.1) is 0 Å². The van der Waals surface area contributed by atoms with Crippen LogP contribution >= 0.6 is 0 Å². The van der Waals surface area contributed by atoms with Crippen molar-refractivity contribution in [2.45, 2.75) is 19.5 Å². The quantitative estimate of drug-likeness (QED) is 0.867. The Kier molecular flexibility index (Phi) is 5.08. The molecule has 2 aromatic rings. The third-order valence-electron chi connectivity index (χ3n) is 4.38. The van der Waals surface area contributed by atoms with Gasteiger partial charge in [-0.3, -0.25) is 19.4 Å². The van der Waals surface area contributed by atoms with Crippen LogP contribution in [0.1, 0.15) is 29.1 Å². The summed E-state index contributed by atoms with van der Waals surface area (Å²) >= 11 is 0. The van der Waals surface area contributed by atoms with Crippen LogP contribution in [0.25, 0.3) is 0 Å². The Labute approximate surface area is 145 Å². The number of hydrogen-bond donors (Lipinski definition) is 1. The standard InChI is InChI=1S/C17H21N5O3/c1-13(22-7-5-15(19-22)17(24)25)16(23)21-10-8-20(9-11-21)12-14-4-2-3-6-18-14/h2-7,13H,8-12H2,1H3,(H,24,25). The van der Waals surface area contributed by atoms with E-state index in [0.29, 0.717) is 13.1 Å². The van der Waals surface area contributed by atoms with Crippen LogP contribution in [0.3, 0.4) is 0 Å². The zero-order chi connectivity index (χ0) is 17.8. The summed E-state index contributed by atoms with van der Waals surface area (Å²) in [5.41, 5.74) is 0.966. The molecular formula is C17H21N5O3. The molecule has 1 N–H and O–H groups in total. The van der Waals surface area contributed by atoms with Crippen LogP contribution in [0.5, 0.6) is 0 Å². The normalized spacial score (nSPS) is 16.6. The highest BCUT2D eigenvalue weighted by atomic mass is 16.4. The lowest BCUT2D eigenvalue weighted by atomic mass is 10.2. The highest BCUT2D eigenvalue weighted by molar-refractivity contribution is 5.85. The molecule has 1 atom stereocenters. The molecule has 3 heterocycles. The Morgan fingerprint density at radius 3 is 2.56 bits per heavy atom. The van der Waals surface area contributed by atoms with E-state index in [9.17, 15) is 9.59 Å². The number of pyridine rings is 1. The molecular weight excluding hydrogens is 322 g/mol. The van der Waals surface area contributed by atoms with E-state index in [1.807, 2.05) is 23.1 Å². The molecule has 0 radical (unpaired) electrons. The van der Waals surface area contributed by atoms with Crippen LogP contribution < -0.4 is 0 Å². The van der Waals surface area contributed by atoms with Crippen LogP contribution in [0.4, 0.5) is 0 Å². The van der Waals surface area contributed by atoms with Crippen LogP contribution in [-0.4, -0.2) is 67.7 Å². The first-order chi connectivity index (χ1) is 12.0. The number of carboxylic acids is 1. The van der Waals surface area contributed by atoms with Gasteiger partial charge in [0.1, 0.15) is 6.04 Å². The Balaban J connectivity index is 1.54. The van der Waals surface area contributed by atoms with Crippen molar-refractivity contribution in [3.63, 3.8) is 0 Å². The van der Waals surface area contributed by atoms with Crippen LogP contribution in [-0.2, 0) is 11.3 Å². The Hall–Kier alpha value is -2.74. The van der Waals surface area contributed by atoms with Gasteiger partial charge in [0.05, 0.1) is 5.69 Å². The van der Waals surface area contributed by atoms with Gasteiger partial charge in [0, 0.05) is 45.1 Å². The second-order valence-electron chi connectivity index (χ2n) is 6.08. The zero-order valence-electron chi connectivity index (χ0n) is 14.1. The number of hydrogen-bond acceptors (Lipinski definition) is 5. The number of amides is 1. The number of nitrogens with zero attached hydrogens (tertiary/aromatic N) is 5. The average Bonchev–Trinajstić information content (AvgIpc) is 3.12. The van der Waals surface area contributed by atoms with Gasteiger partial charge in [-0.1, -0.05) is 6.07 Å². The van der Waals surface area contributed by atoms with Crippen molar-refractivity contribution in [3.05, 3.63) is 48.0 Å². The second-order valence-corrected chi connectivity index (χ2v) is 6.08. The number of carbonyl (C=O) groups is 2. The third kappa shape index (κ3) is 4.03. The minimum absolute atomic E-state index is 0.0440. The summed E-state index contributed by atoms with van der Waals surface area (Å²) in [5.74, 6) is -1.14. The predicted molar refractivity (Wildman–Crippen MR) is 90.0 cm³/mol. The third-order valence-corrected chi connectivity index (χ3v) is 4.38. The summed E-state index contributed by atoms with van der Waals surface area (Å²) in [7, 11) is 0. The summed E-state index contributed by atoms with van der Waals surface area (Å²) in [6.07, 6.45) is 3.32. The average molecular weight is 343 g/mol. The first kappa shape index (κ1) is 17.1. The molecule has 8 heteroatoms. The lowest BCUT2D eigenvalue weighted by Crippen LogP contribution is -2.50. The van der Waals surface area contributed by atoms with E-state index in [1.54, 1.807) is 13.1 Å². The molecule has 1 fully saturated rings. The molecule has 25 heavy (non-hydrogen) atoms. The maximum Gasteiger partial charge on any atom is 0.356 e. The molecule has 0 aliphatic carbocycles. The van der Waals surface area contributed by atoms with E-state index in [4.69, 9.17) is 5.11 Å². The highest BCUT2D eigenvalue weighted by Crippen LogP contribution is 2.13. The lowest BCUT2D eigenvalue weighted by molar-refractivity contribution is -0.136. The Morgan fingerprint density at radius 1 is 1.20 bits per heavy atom. The number of carbonyl (C=O) groups excluding carboxylic acids is 1. The molecule has 1 saturated heterocycles. The maximum atomic E-state index is 12.6. The SMILES string of the molecule is CC(C(=O)N1CCN(Cc2ccccn2)CC1)n1ccc(C(=O)O)n1. The summed E-state index contributed by atoms with van der Waals surface area (Å²) in [4.78, 5) is 32.0.